The van der Waals surface area contributed by atoms with Crippen molar-refractivity contribution in [2.24, 2.45) is 0 Å². The molecule has 0 bridgehead atoms. The van der Waals surface area contributed by atoms with Gasteiger partial charge in [-0.25, -0.2) is 4.79 Å². The van der Waals surface area contributed by atoms with E-state index >= 15 is 0 Å². The minimum Gasteiger partial charge on any atom is -0.475 e. The minimum atomic E-state index is -1.04. The molecule has 0 aliphatic carbocycles. The molecule has 0 amide bonds. The van der Waals surface area contributed by atoms with Gasteiger partial charge in [0.1, 0.15) is 5.76 Å². The normalized spacial score (nSPS) is 11.0. The van der Waals surface area contributed by atoms with Gasteiger partial charge in [0.15, 0.2) is 0 Å². The van der Waals surface area contributed by atoms with E-state index in [2.05, 4.69) is 22.4 Å². The SMILES string of the molecule is O=C(O)c1ccc(CNCCc2c[nH]c3ccccc23)o1. The van der Waals surface area contributed by atoms with Crippen LogP contribution in [0.2, 0.25) is 0 Å². The van der Waals surface area contributed by atoms with Crippen LogP contribution in [0.4, 0.5) is 0 Å². The number of hydrogen-bond donors (Lipinski definition) is 3. The fourth-order valence-electron chi connectivity index (χ4n) is 2.36. The highest BCUT2D eigenvalue weighted by molar-refractivity contribution is 5.84. The van der Waals surface area contributed by atoms with Crippen molar-refractivity contribution in [3.8, 4) is 0 Å². The predicted molar refractivity (Wildman–Crippen MR) is 79.4 cm³/mol. The van der Waals surface area contributed by atoms with Crippen molar-refractivity contribution < 1.29 is 14.3 Å². The lowest BCUT2D eigenvalue weighted by molar-refractivity contribution is 0.0660. The monoisotopic (exact) mass is 284 g/mol. The number of furan rings is 1. The van der Waals surface area contributed by atoms with Gasteiger partial charge in [-0.1, -0.05) is 18.2 Å². The Morgan fingerprint density at radius 1 is 1.24 bits per heavy atom. The van der Waals surface area contributed by atoms with Gasteiger partial charge < -0.3 is 19.8 Å². The number of H-pyrrole nitrogens is 1. The zero-order valence-corrected chi connectivity index (χ0v) is 11.4. The van der Waals surface area contributed by atoms with Gasteiger partial charge in [-0.15, -0.1) is 0 Å². The first-order valence-electron chi connectivity index (χ1n) is 6.82. The third kappa shape index (κ3) is 2.98. The van der Waals surface area contributed by atoms with Gasteiger partial charge in [0.25, 0.3) is 0 Å². The molecular weight excluding hydrogens is 268 g/mol. The number of hydrogen-bond acceptors (Lipinski definition) is 3. The summed E-state index contributed by atoms with van der Waals surface area (Å²) in [4.78, 5) is 14.0. The molecule has 0 saturated heterocycles. The molecule has 0 spiro atoms. The molecule has 108 valence electrons. The molecule has 0 atom stereocenters. The van der Waals surface area contributed by atoms with Crippen LogP contribution in [-0.2, 0) is 13.0 Å². The van der Waals surface area contributed by atoms with Gasteiger partial charge in [0.05, 0.1) is 6.54 Å². The van der Waals surface area contributed by atoms with Crippen LogP contribution < -0.4 is 5.32 Å². The van der Waals surface area contributed by atoms with Gasteiger partial charge in [0.2, 0.25) is 5.76 Å². The van der Waals surface area contributed by atoms with E-state index in [0.717, 1.165) is 18.5 Å². The highest BCUT2D eigenvalue weighted by atomic mass is 16.4. The molecule has 0 radical (unpaired) electrons. The Hall–Kier alpha value is -2.53. The van der Waals surface area contributed by atoms with Crippen LogP contribution in [0, 0.1) is 0 Å². The lowest BCUT2D eigenvalue weighted by atomic mass is 10.1. The van der Waals surface area contributed by atoms with Gasteiger partial charge >= 0.3 is 5.97 Å². The summed E-state index contributed by atoms with van der Waals surface area (Å²) in [6.45, 7) is 1.32. The third-order valence-corrected chi connectivity index (χ3v) is 3.42. The molecule has 3 N–H and O–H groups in total. The Labute approximate surface area is 121 Å². The summed E-state index contributed by atoms with van der Waals surface area (Å²) in [5.41, 5.74) is 2.41. The second kappa shape index (κ2) is 5.85. The number of rotatable bonds is 6. The average molecular weight is 284 g/mol. The molecule has 2 aromatic heterocycles. The van der Waals surface area contributed by atoms with Crippen molar-refractivity contribution >= 4 is 16.9 Å². The van der Waals surface area contributed by atoms with Gasteiger partial charge in [-0.2, -0.15) is 0 Å². The Kier molecular flexibility index (Phi) is 3.75. The van der Waals surface area contributed by atoms with E-state index in [4.69, 9.17) is 9.52 Å². The molecule has 0 unspecified atom stereocenters. The van der Waals surface area contributed by atoms with Gasteiger partial charge in [-0.3, -0.25) is 0 Å². The van der Waals surface area contributed by atoms with Crippen molar-refractivity contribution in [1.82, 2.24) is 10.3 Å². The lowest BCUT2D eigenvalue weighted by Gasteiger charge is -2.02. The maximum absolute atomic E-state index is 10.7. The van der Waals surface area contributed by atoms with Crippen LogP contribution in [0.1, 0.15) is 21.9 Å². The highest BCUT2D eigenvalue weighted by Gasteiger charge is 2.08. The number of para-hydroxylation sites is 1. The Bertz CT molecular complexity index is 758. The number of carboxylic acids is 1. The van der Waals surface area contributed by atoms with E-state index in [1.54, 1.807) is 6.07 Å². The lowest BCUT2D eigenvalue weighted by Crippen LogP contribution is -2.16. The van der Waals surface area contributed by atoms with Crippen LogP contribution in [0.5, 0.6) is 0 Å². The Morgan fingerprint density at radius 2 is 2.10 bits per heavy atom. The number of aromatic amines is 1. The molecule has 21 heavy (non-hydrogen) atoms. The number of carboxylic acid groups (broad SMARTS) is 1. The summed E-state index contributed by atoms with van der Waals surface area (Å²) < 4.78 is 5.18. The van der Waals surface area contributed by atoms with Crippen LogP contribution in [0.25, 0.3) is 10.9 Å². The average Bonchev–Trinajstić information content (AvgIpc) is 3.11. The first-order valence-corrected chi connectivity index (χ1v) is 6.82. The summed E-state index contributed by atoms with van der Waals surface area (Å²) in [7, 11) is 0. The van der Waals surface area contributed by atoms with Crippen molar-refractivity contribution in [3.63, 3.8) is 0 Å². The van der Waals surface area contributed by atoms with E-state index in [1.807, 2.05) is 18.3 Å². The maximum Gasteiger partial charge on any atom is 0.371 e. The predicted octanol–water partition coefficient (Wildman–Crippen LogP) is 2.79. The second-order valence-corrected chi connectivity index (χ2v) is 4.86. The third-order valence-electron chi connectivity index (χ3n) is 3.42. The molecule has 2 heterocycles. The molecule has 3 aromatic rings. The first-order chi connectivity index (χ1) is 10.2. The first kappa shape index (κ1) is 13.5. The van der Waals surface area contributed by atoms with Gasteiger partial charge in [-0.05, 0) is 36.7 Å². The molecule has 1 aromatic carbocycles. The molecule has 5 heteroatoms. The zero-order chi connectivity index (χ0) is 14.7. The summed E-state index contributed by atoms with van der Waals surface area (Å²) >= 11 is 0. The summed E-state index contributed by atoms with van der Waals surface area (Å²) in [6, 6.07) is 11.4. The van der Waals surface area contributed by atoms with Crippen LogP contribution in [0.15, 0.2) is 47.0 Å². The number of fused-ring (bicyclic) bond motifs is 1. The van der Waals surface area contributed by atoms with Crippen LogP contribution in [0.3, 0.4) is 0 Å². The quantitative estimate of drug-likeness (QED) is 0.608. The van der Waals surface area contributed by atoms with Crippen molar-refractivity contribution in [2.75, 3.05) is 6.54 Å². The standard InChI is InChI=1S/C16H16N2O3/c19-16(20)15-6-5-12(21-15)10-17-8-7-11-9-18-14-4-2-1-3-13(11)14/h1-6,9,17-18H,7-8,10H2,(H,19,20). The molecule has 0 saturated carbocycles. The van der Waals surface area contributed by atoms with E-state index in [0.29, 0.717) is 12.3 Å². The van der Waals surface area contributed by atoms with E-state index < -0.39 is 5.97 Å². The number of benzene rings is 1. The summed E-state index contributed by atoms with van der Waals surface area (Å²) in [5, 5.41) is 13.3. The van der Waals surface area contributed by atoms with Crippen LogP contribution in [-0.4, -0.2) is 22.6 Å². The Balaban J connectivity index is 1.53. The number of nitrogens with one attached hydrogen (secondary N) is 2. The number of carbonyl (C=O) groups is 1. The molecule has 0 aliphatic rings. The fraction of sp³-hybridized carbons (Fsp3) is 0.188. The van der Waals surface area contributed by atoms with Gasteiger partial charge in [0, 0.05) is 17.1 Å². The Morgan fingerprint density at radius 3 is 2.90 bits per heavy atom. The number of aromatic carboxylic acids is 1. The topological polar surface area (TPSA) is 78.3 Å². The zero-order valence-electron chi connectivity index (χ0n) is 11.4. The van der Waals surface area contributed by atoms with Crippen molar-refractivity contribution in [3.05, 3.63) is 59.7 Å². The van der Waals surface area contributed by atoms with E-state index in [1.165, 1.54) is 17.0 Å². The fourth-order valence-corrected chi connectivity index (χ4v) is 2.36. The molecule has 0 aliphatic heterocycles. The number of aromatic nitrogens is 1. The van der Waals surface area contributed by atoms with Crippen molar-refractivity contribution in [2.45, 2.75) is 13.0 Å². The van der Waals surface area contributed by atoms with Crippen molar-refractivity contribution in [1.29, 1.82) is 0 Å². The highest BCUT2D eigenvalue weighted by Crippen LogP contribution is 2.17. The summed E-state index contributed by atoms with van der Waals surface area (Å²) in [6.07, 6.45) is 2.93. The minimum absolute atomic E-state index is 0.0246. The van der Waals surface area contributed by atoms with E-state index in [-0.39, 0.29) is 5.76 Å². The second-order valence-electron chi connectivity index (χ2n) is 4.86. The smallest absolute Gasteiger partial charge is 0.371 e. The molecular formula is C16H16N2O3. The molecule has 5 nitrogen and oxygen atoms in total. The van der Waals surface area contributed by atoms with E-state index in [9.17, 15) is 4.79 Å². The molecule has 0 fully saturated rings. The summed E-state index contributed by atoms with van der Waals surface area (Å²) in [5.74, 6) is -0.435. The van der Waals surface area contributed by atoms with Crippen LogP contribution >= 0.6 is 0 Å². The maximum atomic E-state index is 10.7. The molecule has 3 rings (SSSR count). The largest absolute Gasteiger partial charge is 0.475 e.